The van der Waals surface area contributed by atoms with Crippen LogP contribution in [-0.2, 0) is 4.79 Å². The molecule has 3 atom stereocenters. The molecule has 0 spiro atoms. The van der Waals surface area contributed by atoms with Crippen molar-refractivity contribution < 1.29 is 18.0 Å². The summed E-state index contributed by atoms with van der Waals surface area (Å²) < 4.78 is 40.1. The van der Waals surface area contributed by atoms with E-state index in [1.165, 1.54) is 0 Å². The van der Waals surface area contributed by atoms with Crippen LogP contribution in [0.3, 0.4) is 0 Å². The number of alkyl halides is 3. The zero-order chi connectivity index (χ0) is 22.3. The third-order valence-corrected chi connectivity index (χ3v) is 6.14. The molecule has 0 aromatic heterocycles. The molecule has 1 amide bonds. The predicted octanol–water partition coefficient (Wildman–Crippen LogP) is 6.92. The molecular formula is C23H19Cl2F3N2O. The van der Waals surface area contributed by atoms with E-state index in [1.54, 1.807) is 36.4 Å². The summed E-state index contributed by atoms with van der Waals surface area (Å²) >= 11 is 11.9. The van der Waals surface area contributed by atoms with Gasteiger partial charge in [-0.25, -0.2) is 5.01 Å². The summed E-state index contributed by atoms with van der Waals surface area (Å²) in [7, 11) is 0. The first-order chi connectivity index (χ1) is 14.6. The van der Waals surface area contributed by atoms with E-state index < -0.39 is 18.1 Å². The van der Waals surface area contributed by atoms with E-state index in [2.05, 4.69) is 12.0 Å². The van der Waals surface area contributed by atoms with E-state index in [0.717, 1.165) is 11.1 Å². The van der Waals surface area contributed by atoms with Crippen LogP contribution in [0.2, 0.25) is 10.0 Å². The van der Waals surface area contributed by atoms with E-state index in [0.29, 0.717) is 39.2 Å². The fourth-order valence-corrected chi connectivity index (χ4v) is 4.59. The Morgan fingerprint density at radius 3 is 2.23 bits per heavy atom. The van der Waals surface area contributed by atoms with Crippen molar-refractivity contribution in [3.8, 4) is 0 Å². The largest absolute Gasteiger partial charge is 0.473 e. The zero-order valence-corrected chi connectivity index (χ0v) is 18.0. The maximum atomic E-state index is 13.4. The van der Waals surface area contributed by atoms with Gasteiger partial charge >= 0.3 is 12.1 Å². The van der Waals surface area contributed by atoms with Gasteiger partial charge in [-0.15, -0.1) is 0 Å². The lowest BCUT2D eigenvalue weighted by molar-refractivity contribution is -0.188. The molecule has 3 nitrogen and oxygen atoms in total. The average Bonchev–Trinajstić information content (AvgIpc) is 3.08. The van der Waals surface area contributed by atoms with Crippen LogP contribution >= 0.6 is 23.2 Å². The number of hydrazone groups is 1. The number of halogens is 5. The van der Waals surface area contributed by atoms with E-state index in [9.17, 15) is 18.0 Å². The van der Waals surface area contributed by atoms with E-state index >= 15 is 0 Å². The molecule has 1 aliphatic carbocycles. The van der Waals surface area contributed by atoms with Crippen LogP contribution in [0, 0.1) is 11.8 Å². The number of carbonyl (C=O) groups excluding carboxylic acids is 1. The fourth-order valence-electron chi connectivity index (χ4n) is 4.34. The quantitative estimate of drug-likeness (QED) is 0.472. The molecule has 4 rings (SSSR count). The highest BCUT2D eigenvalue weighted by atomic mass is 35.5. The lowest BCUT2D eigenvalue weighted by Gasteiger charge is -2.32. The van der Waals surface area contributed by atoms with Crippen molar-refractivity contribution in [2.75, 3.05) is 0 Å². The van der Waals surface area contributed by atoms with Crippen molar-refractivity contribution in [2.45, 2.75) is 32.0 Å². The SMILES string of the molecule is C[C@@H]1C/C(=C/c2ccc(Cl)cc2)C2=NN(C(=O)C(F)(F)F)[C@H](c3ccc(Cl)cc3)[C@@H]2C1. The average molecular weight is 467 g/mol. The van der Waals surface area contributed by atoms with Crippen LogP contribution in [0.5, 0.6) is 0 Å². The minimum absolute atomic E-state index is 0.221. The molecule has 0 saturated heterocycles. The molecule has 0 bridgehead atoms. The Labute approximate surface area is 188 Å². The second kappa shape index (κ2) is 8.32. The molecule has 1 aliphatic heterocycles. The zero-order valence-electron chi connectivity index (χ0n) is 16.5. The number of rotatable bonds is 2. The Morgan fingerprint density at radius 1 is 1.06 bits per heavy atom. The molecule has 2 aromatic carbocycles. The number of nitrogens with zero attached hydrogens (tertiary/aromatic N) is 2. The van der Waals surface area contributed by atoms with Crippen LogP contribution in [0.25, 0.3) is 6.08 Å². The summed E-state index contributed by atoms with van der Waals surface area (Å²) in [6.07, 6.45) is -1.81. The highest BCUT2D eigenvalue weighted by Gasteiger charge is 2.52. The summed E-state index contributed by atoms with van der Waals surface area (Å²) in [6, 6.07) is 12.9. The van der Waals surface area contributed by atoms with Crippen molar-refractivity contribution in [1.82, 2.24) is 5.01 Å². The van der Waals surface area contributed by atoms with E-state index in [1.807, 2.05) is 18.2 Å². The number of benzene rings is 2. The molecule has 0 radical (unpaired) electrons. The second-order valence-corrected chi connectivity index (χ2v) is 8.87. The van der Waals surface area contributed by atoms with E-state index in [4.69, 9.17) is 23.2 Å². The van der Waals surface area contributed by atoms with Gasteiger partial charge in [0, 0.05) is 16.0 Å². The first-order valence-electron chi connectivity index (χ1n) is 9.84. The van der Waals surface area contributed by atoms with Gasteiger partial charge in [-0.05, 0) is 65.8 Å². The molecule has 0 unspecified atom stereocenters. The normalized spacial score (nSPS) is 24.8. The van der Waals surface area contributed by atoms with Crippen molar-refractivity contribution in [3.63, 3.8) is 0 Å². The minimum atomic E-state index is -5.02. The van der Waals surface area contributed by atoms with Gasteiger partial charge in [-0.3, -0.25) is 4.79 Å². The molecule has 162 valence electrons. The maximum absolute atomic E-state index is 13.4. The lowest BCUT2D eigenvalue weighted by atomic mass is 9.73. The van der Waals surface area contributed by atoms with Gasteiger partial charge < -0.3 is 0 Å². The fraction of sp³-hybridized carbons (Fsp3) is 0.304. The van der Waals surface area contributed by atoms with Gasteiger partial charge in [0.15, 0.2) is 0 Å². The summed E-state index contributed by atoms with van der Waals surface area (Å²) in [4.78, 5) is 12.3. The van der Waals surface area contributed by atoms with Crippen molar-refractivity contribution >= 4 is 40.9 Å². The van der Waals surface area contributed by atoms with Crippen LogP contribution < -0.4 is 0 Å². The molecular weight excluding hydrogens is 448 g/mol. The number of amides is 1. The highest BCUT2D eigenvalue weighted by molar-refractivity contribution is 6.30. The third-order valence-electron chi connectivity index (χ3n) is 5.64. The van der Waals surface area contributed by atoms with Crippen molar-refractivity contribution in [2.24, 2.45) is 16.9 Å². The van der Waals surface area contributed by atoms with Crippen molar-refractivity contribution in [1.29, 1.82) is 0 Å². The Kier molecular flexibility index (Phi) is 5.88. The monoisotopic (exact) mass is 466 g/mol. The van der Waals surface area contributed by atoms with Gasteiger partial charge in [0.25, 0.3) is 0 Å². The highest BCUT2D eigenvalue weighted by Crippen LogP contribution is 2.47. The Hall–Kier alpha value is -2.31. The molecule has 2 aliphatic rings. The Morgan fingerprint density at radius 2 is 1.65 bits per heavy atom. The summed E-state index contributed by atoms with van der Waals surface area (Å²) in [5, 5.41) is 5.91. The first-order valence-corrected chi connectivity index (χ1v) is 10.6. The molecule has 1 saturated carbocycles. The molecule has 0 N–H and O–H groups in total. The number of hydrogen-bond donors (Lipinski definition) is 0. The predicted molar refractivity (Wildman–Crippen MR) is 116 cm³/mol. The molecule has 1 fully saturated rings. The van der Waals surface area contributed by atoms with Crippen molar-refractivity contribution in [3.05, 3.63) is 75.3 Å². The van der Waals surface area contributed by atoms with Crippen LogP contribution in [-0.4, -0.2) is 22.8 Å². The van der Waals surface area contributed by atoms with E-state index in [-0.39, 0.29) is 11.8 Å². The van der Waals surface area contributed by atoms with Crippen LogP contribution in [0.1, 0.15) is 36.9 Å². The topological polar surface area (TPSA) is 32.7 Å². The molecule has 2 aromatic rings. The number of fused-ring (bicyclic) bond motifs is 1. The Bertz CT molecular complexity index is 1050. The van der Waals surface area contributed by atoms with Gasteiger partial charge in [-0.2, -0.15) is 18.3 Å². The number of allylic oxidation sites excluding steroid dienone is 1. The minimum Gasteiger partial charge on any atom is -0.262 e. The third kappa shape index (κ3) is 4.51. The van der Waals surface area contributed by atoms with Crippen LogP contribution in [0.4, 0.5) is 13.2 Å². The van der Waals surface area contributed by atoms with Gasteiger partial charge in [0.05, 0.1) is 11.8 Å². The van der Waals surface area contributed by atoms with Gasteiger partial charge in [-0.1, -0.05) is 54.4 Å². The summed E-state index contributed by atoms with van der Waals surface area (Å²) in [5.74, 6) is -2.08. The van der Waals surface area contributed by atoms with Gasteiger partial charge in [0.2, 0.25) is 0 Å². The molecule has 1 heterocycles. The number of hydrogen-bond acceptors (Lipinski definition) is 2. The maximum Gasteiger partial charge on any atom is 0.473 e. The van der Waals surface area contributed by atoms with Crippen LogP contribution in [0.15, 0.2) is 59.2 Å². The molecule has 31 heavy (non-hydrogen) atoms. The second-order valence-electron chi connectivity index (χ2n) is 8.00. The molecule has 8 heteroatoms. The number of carbonyl (C=O) groups is 1. The first kappa shape index (κ1) is 21.9. The van der Waals surface area contributed by atoms with Gasteiger partial charge in [0.1, 0.15) is 0 Å². The smallest absolute Gasteiger partial charge is 0.262 e. The summed E-state index contributed by atoms with van der Waals surface area (Å²) in [5.41, 5.74) is 2.82. The lowest BCUT2D eigenvalue weighted by Crippen LogP contribution is -2.40. The summed E-state index contributed by atoms with van der Waals surface area (Å²) in [6.45, 7) is 2.06. The standard InChI is InChI=1S/C23H19Cl2F3N2O/c1-13-10-16(12-14-2-6-17(24)7-3-14)20-19(11-13)21(15-4-8-18(25)9-5-15)30(29-20)22(31)23(26,27)28/h2-9,12-13,19,21H,10-11H2,1H3/b16-12-/t13-,19-,21-/m1/s1. The Balaban J connectivity index is 1.80.